The predicted molar refractivity (Wildman–Crippen MR) is 95.3 cm³/mol. The number of nitrogens with zero attached hydrogens (tertiary/aromatic N) is 5. The molecule has 0 N–H and O–H groups in total. The Kier molecular flexibility index (Phi) is 3.28. The van der Waals surface area contributed by atoms with E-state index in [0.717, 1.165) is 42.7 Å². The number of benzene rings is 1. The molecular weight excluding hydrogens is 314 g/mol. The second kappa shape index (κ2) is 5.52. The van der Waals surface area contributed by atoms with Crippen molar-refractivity contribution in [2.45, 2.75) is 44.4 Å². The third-order valence-corrected chi connectivity index (χ3v) is 5.79. The van der Waals surface area contributed by atoms with Gasteiger partial charge in [0.25, 0.3) is 5.56 Å². The molecule has 128 valence electrons. The van der Waals surface area contributed by atoms with Gasteiger partial charge in [0, 0.05) is 44.8 Å². The van der Waals surface area contributed by atoms with E-state index in [1.807, 2.05) is 46.8 Å². The molecular formula is C19H21N5O. The molecule has 2 aromatic heterocycles. The molecule has 0 amide bonds. The van der Waals surface area contributed by atoms with Gasteiger partial charge in [-0.3, -0.25) is 18.9 Å². The number of rotatable bonds is 2. The maximum absolute atomic E-state index is 13.0. The highest BCUT2D eigenvalue weighted by atomic mass is 16.1. The van der Waals surface area contributed by atoms with Crippen molar-refractivity contribution >= 4 is 10.9 Å². The first-order valence-corrected chi connectivity index (χ1v) is 8.92. The fourth-order valence-electron chi connectivity index (χ4n) is 4.41. The summed E-state index contributed by atoms with van der Waals surface area (Å²) >= 11 is 0. The molecule has 2 aliphatic rings. The van der Waals surface area contributed by atoms with Crippen LogP contribution < -0.4 is 5.56 Å². The Bertz CT molecular complexity index is 1000. The molecule has 2 atom stereocenters. The standard InChI is InChI=1S/C19H21N5O/c1-22-14(8-9-20-22)11-23-13-6-7-15(23)12-24-18(10-13)21-17-5-3-2-4-16(17)19(24)25/h2-5,8-9,13,15H,6-7,10-12H2,1H3/t13-,15-/m0/s1. The summed E-state index contributed by atoms with van der Waals surface area (Å²) in [6.07, 6.45) is 5.00. The van der Waals surface area contributed by atoms with Crippen LogP contribution in [0.4, 0.5) is 0 Å². The first kappa shape index (κ1) is 14.8. The van der Waals surface area contributed by atoms with Gasteiger partial charge in [-0.2, -0.15) is 5.10 Å². The number of hydrogen-bond donors (Lipinski definition) is 0. The largest absolute Gasteiger partial charge is 0.294 e. The second-order valence-corrected chi connectivity index (χ2v) is 7.17. The Morgan fingerprint density at radius 2 is 2.00 bits per heavy atom. The zero-order valence-corrected chi connectivity index (χ0v) is 14.3. The Labute approximate surface area is 145 Å². The van der Waals surface area contributed by atoms with Crippen LogP contribution in [0.3, 0.4) is 0 Å². The van der Waals surface area contributed by atoms with Crippen LogP contribution in [0.1, 0.15) is 24.4 Å². The van der Waals surface area contributed by atoms with E-state index in [-0.39, 0.29) is 5.56 Å². The predicted octanol–water partition coefficient (Wildman–Crippen LogP) is 1.72. The van der Waals surface area contributed by atoms with Gasteiger partial charge in [-0.15, -0.1) is 0 Å². The van der Waals surface area contributed by atoms with E-state index in [9.17, 15) is 4.79 Å². The molecule has 3 aromatic rings. The van der Waals surface area contributed by atoms with Gasteiger partial charge in [0.2, 0.25) is 0 Å². The van der Waals surface area contributed by atoms with E-state index in [0.29, 0.717) is 12.1 Å². The van der Waals surface area contributed by atoms with E-state index in [2.05, 4.69) is 16.1 Å². The molecule has 0 saturated carbocycles. The molecule has 0 aliphatic carbocycles. The molecule has 6 nitrogen and oxygen atoms in total. The van der Waals surface area contributed by atoms with Crippen molar-refractivity contribution in [3.63, 3.8) is 0 Å². The Morgan fingerprint density at radius 3 is 2.84 bits per heavy atom. The lowest BCUT2D eigenvalue weighted by molar-refractivity contribution is 0.176. The minimum Gasteiger partial charge on any atom is -0.294 e. The summed E-state index contributed by atoms with van der Waals surface area (Å²) in [6, 6.07) is 10.6. The summed E-state index contributed by atoms with van der Waals surface area (Å²) < 4.78 is 3.86. The highest BCUT2D eigenvalue weighted by Crippen LogP contribution is 2.32. The average Bonchev–Trinajstić information content (AvgIpc) is 3.13. The number of aryl methyl sites for hydroxylation is 1. The van der Waals surface area contributed by atoms with Crippen LogP contribution in [-0.2, 0) is 26.6 Å². The molecule has 2 aliphatic heterocycles. The van der Waals surface area contributed by atoms with Crippen molar-refractivity contribution in [1.29, 1.82) is 0 Å². The van der Waals surface area contributed by atoms with Crippen LogP contribution in [0.25, 0.3) is 10.9 Å². The molecule has 0 radical (unpaired) electrons. The molecule has 1 saturated heterocycles. The molecule has 2 bridgehead atoms. The van der Waals surface area contributed by atoms with Crippen molar-refractivity contribution in [3.8, 4) is 0 Å². The van der Waals surface area contributed by atoms with Crippen molar-refractivity contribution < 1.29 is 0 Å². The van der Waals surface area contributed by atoms with Gasteiger partial charge >= 0.3 is 0 Å². The van der Waals surface area contributed by atoms with Gasteiger partial charge in [0.15, 0.2) is 0 Å². The van der Waals surface area contributed by atoms with Crippen LogP contribution in [0.2, 0.25) is 0 Å². The van der Waals surface area contributed by atoms with Crippen molar-refractivity contribution in [1.82, 2.24) is 24.2 Å². The summed E-state index contributed by atoms with van der Waals surface area (Å²) in [5.41, 5.74) is 2.14. The smallest absolute Gasteiger partial charge is 0.261 e. The van der Waals surface area contributed by atoms with E-state index in [1.54, 1.807) is 0 Å². The van der Waals surface area contributed by atoms with Gasteiger partial charge < -0.3 is 0 Å². The molecule has 1 aromatic carbocycles. The van der Waals surface area contributed by atoms with Gasteiger partial charge in [0.05, 0.1) is 16.6 Å². The number of para-hydroxylation sites is 1. The van der Waals surface area contributed by atoms with Crippen molar-refractivity contribution in [2.24, 2.45) is 7.05 Å². The Balaban J connectivity index is 1.56. The van der Waals surface area contributed by atoms with Gasteiger partial charge in [0.1, 0.15) is 5.82 Å². The molecule has 0 spiro atoms. The quantitative estimate of drug-likeness (QED) is 0.715. The van der Waals surface area contributed by atoms with Crippen LogP contribution in [-0.4, -0.2) is 36.3 Å². The summed E-state index contributed by atoms with van der Waals surface area (Å²) in [6.45, 7) is 1.62. The average molecular weight is 335 g/mol. The van der Waals surface area contributed by atoms with Crippen LogP contribution in [0, 0.1) is 0 Å². The maximum Gasteiger partial charge on any atom is 0.261 e. The Hall–Kier alpha value is -2.47. The number of aromatic nitrogens is 4. The lowest BCUT2D eigenvalue weighted by Gasteiger charge is -2.27. The first-order valence-electron chi connectivity index (χ1n) is 8.92. The topological polar surface area (TPSA) is 56.0 Å². The molecule has 1 fully saturated rings. The second-order valence-electron chi connectivity index (χ2n) is 7.17. The SMILES string of the molecule is Cn1nccc1CN1[C@H]2CC[C@H]1Cn1c(nc3ccccc3c1=O)C2. The van der Waals surface area contributed by atoms with Crippen LogP contribution in [0.15, 0.2) is 41.3 Å². The molecule has 5 rings (SSSR count). The van der Waals surface area contributed by atoms with Crippen LogP contribution in [0.5, 0.6) is 0 Å². The Morgan fingerprint density at radius 1 is 1.16 bits per heavy atom. The lowest BCUT2D eigenvalue weighted by Crippen LogP contribution is -2.37. The normalized spacial score (nSPS) is 22.9. The minimum absolute atomic E-state index is 0.105. The molecule has 6 heteroatoms. The highest BCUT2D eigenvalue weighted by molar-refractivity contribution is 5.77. The maximum atomic E-state index is 13.0. The third-order valence-electron chi connectivity index (χ3n) is 5.79. The summed E-state index contributed by atoms with van der Waals surface area (Å²) in [4.78, 5) is 20.3. The van der Waals surface area contributed by atoms with Crippen LogP contribution >= 0.6 is 0 Å². The highest BCUT2D eigenvalue weighted by Gasteiger charge is 2.38. The number of hydrogen-bond acceptors (Lipinski definition) is 4. The fourth-order valence-corrected chi connectivity index (χ4v) is 4.41. The molecule has 4 heterocycles. The van der Waals surface area contributed by atoms with E-state index in [1.165, 1.54) is 12.1 Å². The van der Waals surface area contributed by atoms with Gasteiger partial charge in [-0.1, -0.05) is 12.1 Å². The third kappa shape index (κ3) is 2.32. The van der Waals surface area contributed by atoms with E-state index in [4.69, 9.17) is 4.98 Å². The first-order chi connectivity index (χ1) is 12.2. The number of fused-ring (bicyclic) bond motifs is 4. The monoisotopic (exact) mass is 335 g/mol. The molecule has 25 heavy (non-hydrogen) atoms. The van der Waals surface area contributed by atoms with Crippen molar-refractivity contribution in [2.75, 3.05) is 0 Å². The summed E-state index contributed by atoms with van der Waals surface area (Å²) in [5, 5.41) is 5.01. The lowest BCUT2D eigenvalue weighted by atomic mass is 10.1. The zero-order valence-electron chi connectivity index (χ0n) is 14.3. The van der Waals surface area contributed by atoms with Gasteiger partial charge in [-0.25, -0.2) is 4.98 Å². The molecule has 0 unspecified atom stereocenters. The van der Waals surface area contributed by atoms with Crippen molar-refractivity contribution in [3.05, 3.63) is 58.4 Å². The van der Waals surface area contributed by atoms with E-state index >= 15 is 0 Å². The summed E-state index contributed by atoms with van der Waals surface area (Å²) in [5.74, 6) is 0.936. The van der Waals surface area contributed by atoms with E-state index < -0.39 is 0 Å². The minimum atomic E-state index is 0.105. The fraction of sp³-hybridized carbons (Fsp3) is 0.421. The van der Waals surface area contributed by atoms with Gasteiger partial charge in [-0.05, 0) is 31.0 Å². The zero-order chi connectivity index (χ0) is 17.0. The summed E-state index contributed by atoms with van der Waals surface area (Å²) in [7, 11) is 1.99.